The summed E-state index contributed by atoms with van der Waals surface area (Å²) < 4.78 is 0. The van der Waals surface area contributed by atoms with E-state index in [0.29, 0.717) is 12.5 Å². The van der Waals surface area contributed by atoms with E-state index >= 15 is 0 Å². The Morgan fingerprint density at radius 3 is 2.29 bits per heavy atom. The molecule has 1 aliphatic heterocycles. The van der Waals surface area contributed by atoms with E-state index in [1.165, 1.54) is 19.3 Å². The normalized spacial score (nSPS) is 22.9. The van der Waals surface area contributed by atoms with Crippen LogP contribution in [0.15, 0.2) is 0 Å². The van der Waals surface area contributed by atoms with Crippen LogP contribution in [0.1, 0.15) is 44.9 Å². The van der Waals surface area contributed by atoms with Crippen molar-refractivity contribution in [3.8, 4) is 0 Å². The molecule has 2 N–H and O–H groups in total. The van der Waals surface area contributed by atoms with Crippen molar-refractivity contribution in [1.29, 1.82) is 0 Å². The molecule has 0 bridgehead atoms. The molecule has 0 unspecified atom stereocenters. The fourth-order valence-electron chi connectivity index (χ4n) is 3.42. The van der Waals surface area contributed by atoms with Gasteiger partial charge in [0.1, 0.15) is 0 Å². The summed E-state index contributed by atoms with van der Waals surface area (Å²) in [5.74, 6) is 0.221. The van der Waals surface area contributed by atoms with Crippen LogP contribution >= 0.6 is 0 Å². The minimum absolute atomic E-state index is 0.221. The predicted octanol–water partition coefficient (Wildman–Crippen LogP) is 0.825. The van der Waals surface area contributed by atoms with Crippen LogP contribution in [-0.4, -0.2) is 72.7 Å². The second kappa shape index (κ2) is 9.38. The van der Waals surface area contributed by atoms with Crippen molar-refractivity contribution in [2.45, 2.75) is 51.0 Å². The topological polar surface area (TPSA) is 55.8 Å². The van der Waals surface area contributed by atoms with E-state index in [-0.39, 0.29) is 12.5 Å². The highest BCUT2D eigenvalue weighted by Crippen LogP contribution is 2.17. The van der Waals surface area contributed by atoms with Gasteiger partial charge in [-0.25, -0.2) is 0 Å². The van der Waals surface area contributed by atoms with E-state index in [9.17, 15) is 4.79 Å². The molecule has 0 spiro atoms. The number of aliphatic hydroxyl groups excluding tert-OH is 1. The standard InChI is InChI=1S/C16H31N3O2/c20-14-13-19-9-4-8-18(11-12-19)10-7-16(21)17-15-5-2-1-3-6-15/h15,20H,1-14H2,(H,17,21). The van der Waals surface area contributed by atoms with Crippen LogP contribution in [0.25, 0.3) is 0 Å². The van der Waals surface area contributed by atoms with Gasteiger partial charge >= 0.3 is 0 Å². The number of nitrogens with one attached hydrogen (secondary N) is 1. The molecule has 2 rings (SSSR count). The average molecular weight is 297 g/mol. The first-order valence-electron chi connectivity index (χ1n) is 8.63. The Kier molecular flexibility index (Phi) is 7.47. The molecule has 2 fully saturated rings. The minimum atomic E-state index is 0.221. The maximum absolute atomic E-state index is 12.0. The van der Waals surface area contributed by atoms with Gasteiger partial charge in [-0.3, -0.25) is 9.69 Å². The van der Waals surface area contributed by atoms with Gasteiger partial charge in [0.2, 0.25) is 5.91 Å². The van der Waals surface area contributed by atoms with Gasteiger partial charge in [-0.1, -0.05) is 19.3 Å². The molecule has 0 atom stereocenters. The van der Waals surface area contributed by atoms with Crippen molar-refractivity contribution in [1.82, 2.24) is 15.1 Å². The Bertz CT molecular complexity index is 306. The zero-order chi connectivity index (χ0) is 14.9. The van der Waals surface area contributed by atoms with Crippen molar-refractivity contribution in [2.75, 3.05) is 45.9 Å². The van der Waals surface area contributed by atoms with Crippen LogP contribution in [0.2, 0.25) is 0 Å². The molecule has 5 nitrogen and oxygen atoms in total. The van der Waals surface area contributed by atoms with Crippen molar-refractivity contribution in [2.24, 2.45) is 0 Å². The van der Waals surface area contributed by atoms with E-state index in [1.54, 1.807) is 0 Å². The summed E-state index contributed by atoms with van der Waals surface area (Å²) in [4.78, 5) is 16.7. The largest absolute Gasteiger partial charge is 0.395 e. The summed E-state index contributed by atoms with van der Waals surface area (Å²) in [6.45, 7) is 6.02. The third kappa shape index (κ3) is 6.32. The lowest BCUT2D eigenvalue weighted by atomic mass is 9.95. The van der Waals surface area contributed by atoms with E-state index in [0.717, 1.165) is 58.5 Å². The van der Waals surface area contributed by atoms with Crippen LogP contribution in [0.5, 0.6) is 0 Å². The molecule has 0 aromatic rings. The fraction of sp³-hybridized carbons (Fsp3) is 0.938. The number of nitrogens with zero attached hydrogens (tertiary/aromatic N) is 2. The molecule has 1 saturated heterocycles. The monoisotopic (exact) mass is 297 g/mol. The molecule has 5 heteroatoms. The molecule has 122 valence electrons. The van der Waals surface area contributed by atoms with Gasteiger partial charge in [-0.2, -0.15) is 0 Å². The molecule has 0 aromatic heterocycles. The number of aliphatic hydroxyl groups is 1. The number of amides is 1. The lowest BCUT2D eigenvalue weighted by molar-refractivity contribution is -0.122. The zero-order valence-corrected chi connectivity index (χ0v) is 13.2. The molecule has 1 aliphatic carbocycles. The first kappa shape index (κ1) is 16.7. The number of hydrogen-bond donors (Lipinski definition) is 2. The lowest BCUT2D eigenvalue weighted by Crippen LogP contribution is -2.39. The second-order valence-electron chi connectivity index (χ2n) is 6.41. The van der Waals surface area contributed by atoms with Gasteiger partial charge in [0.15, 0.2) is 0 Å². The molecule has 0 aromatic carbocycles. The van der Waals surface area contributed by atoms with Crippen LogP contribution in [0.3, 0.4) is 0 Å². The van der Waals surface area contributed by atoms with Crippen molar-refractivity contribution >= 4 is 5.91 Å². The summed E-state index contributed by atoms with van der Waals surface area (Å²) >= 11 is 0. The maximum atomic E-state index is 12.0. The number of hydrogen-bond acceptors (Lipinski definition) is 4. The average Bonchev–Trinajstić information content (AvgIpc) is 2.72. The molecule has 21 heavy (non-hydrogen) atoms. The molecule has 1 amide bonds. The van der Waals surface area contributed by atoms with Gasteiger partial charge < -0.3 is 15.3 Å². The Balaban J connectivity index is 1.61. The highest BCUT2D eigenvalue weighted by Gasteiger charge is 2.18. The summed E-state index contributed by atoms with van der Waals surface area (Å²) in [7, 11) is 0. The first-order valence-corrected chi connectivity index (χ1v) is 8.63. The van der Waals surface area contributed by atoms with E-state index in [1.807, 2.05) is 0 Å². The SMILES string of the molecule is O=C(CCN1CCCN(CCO)CC1)NC1CCCCC1. The smallest absolute Gasteiger partial charge is 0.221 e. The van der Waals surface area contributed by atoms with Crippen LogP contribution < -0.4 is 5.32 Å². The summed E-state index contributed by atoms with van der Waals surface area (Å²) in [6, 6.07) is 0.426. The van der Waals surface area contributed by atoms with Gasteiger partial charge in [0, 0.05) is 38.6 Å². The van der Waals surface area contributed by atoms with Crippen molar-refractivity contribution in [3.05, 3.63) is 0 Å². The number of carbonyl (C=O) groups is 1. The van der Waals surface area contributed by atoms with E-state index < -0.39 is 0 Å². The highest BCUT2D eigenvalue weighted by molar-refractivity contribution is 5.76. The van der Waals surface area contributed by atoms with Crippen LogP contribution in [0, 0.1) is 0 Å². The zero-order valence-electron chi connectivity index (χ0n) is 13.2. The molecule has 0 radical (unpaired) electrons. The number of β-amino-alcohol motifs (C(OH)–C–C–N with tert-alkyl or cyclic N) is 1. The highest BCUT2D eigenvalue weighted by atomic mass is 16.3. The summed E-state index contributed by atoms with van der Waals surface area (Å²) in [5.41, 5.74) is 0. The van der Waals surface area contributed by atoms with Gasteiger partial charge in [0.25, 0.3) is 0 Å². The van der Waals surface area contributed by atoms with E-state index in [2.05, 4.69) is 15.1 Å². The molecular weight excluding hydrogens is 266 g/mol. The van der Waals surface area contributed by atoms with Gasteiger partial charge in [-0.15, -0.1) is 0 Å². The van der Waals surface area contributed by atoms with Gasteiger partial charge in [-0.05, 0) is 32.4 Å². The summed E-state index contributed by atoms with van der Waals surface area (Å²) in [5, 5.41) is 12.2. The molecular formula is C16H31N3O2. The third-order valence-corrected chi connectivity index (χ3v) is 4.72. The van der Waals surface area contributed by atoms with Crippen molar-refractivity contribution < 1.29 is 9.90 Å². The van der Waals surface area contributed by atoms with Crippen LogP contribution in [0.4, 0.5) is 0 Å². The van der Waals surface area contributed by atoms with E-state index in [4.69, 9.17) is 5.11 Å². The second-order valence-corrected chi connectivity index (χ2v) is 6.41. The van der Waals surface area contributed by atoms with Gasteiger partial charge in [0.05, 0.1) is 6.61 Å². The Hall–Kier alpha value is -0.650. The third-order valence-electron chi connectivity index (χ3n) is 4.72. The molecule has 2 aliphatic rings. The summed E-state index contributed by atoms with van der Waals surface area (Å²) in [6.07, 6.45) is 7.91. The quantitative estimate of drug-likeness (QED) is 0.762. The predicted molar refractivity (Wildman–Crippen MR) is 84.2 cm³/mol. The van der Waals surface area contributed by atoms with Crippen molar-refractivity contribution in [3.63, 3.8) is 0 Å². The first-order chi connectivity index (χ1) is 10.3. The Labute approximate surface area is 128 Å². The van der Waals surface area contributed by atoms with Crippen LogP contribution in [-0.2, 0) is 4.79 Å². The maximum Gasteiger partial charge on any atom is 0.221 e. The Morgan fingerprint density at radius 2 is 1.62 bits per heavy atom. The fourth-order valence-corrected chi connectivity index (χ4v) is 3.42. The lowest BCUT2D eigenvalue weighted by Gasteiger charge is -2.24. The minimum Gasteiger partial charge on any atom is -0.395 e. The number of rotatable bonds is 6. The molecule has 1 heterocycles. The number of carbonyl (C=O) groups excluding carboxylic acids is 1. The Morgan fingerprint density at radius 1 is 0.952 bits per heavy atom. The molecule has 1 saturated carbocycles.